The Kier molecular flexibility index (Phi) is 4.89. The van der Waals surface area contributed by atoms with Gasteiger partial charge in [-0.25, -0.2) is 9.78 Å². The van der Waals surface area contributed by atoms with Gasteiger partial charge < -0.3 is 19.9 Å². The molecular formula is C19H27N5O2. The molecule has 1 aromatic heterocycles. The van der Waals surface area contributed by atoms with E-state index in [0.29, 0.717) is 12.5 Å². The molecular weight excluding hydrogens is 330 g/mol. The van der Waals surface area contributed by atoms with E-state index in [2.05, 4.69) is 10.2 Å². The Bertz CT molecular complexity index is 800. The molecule has 26 heavy (non-hydrogen) atoms. The van der Waals surface area contributed by atoms with E-state index in [4.69, 9.17) is 14.7 Å². The maximum absolute atomic E-state index is 12.0. The summed E-state index contributed by atoms with van der Waals surface area (Å²) in [6, 6.07) is 8.04. The first-order chi connectivity index (χ1) is 12.2. The third-order valence-electron chi connectivity index (χ3n) is 4.19. The molecule has 0 bridgehead atoms. The number of anilines is 2. The smallest absolute Gasteiger partial charge is 0.407 e. The zero-order valence-electron chi connectivity index (χ0n) is 16.1. The number of aromatic nitrogens is 2. The highest BCUT2D eigenvalue weighted by molar-refractivity contribution is 5.90. The molecule has 1 aliphatic rings. The Morgan fingerprint density at radius 3 is 2.69 bits per heavy atom. The molecule has 2 heterocycles. The predicted octanol–water partition coefficient (Wildman–Crippen LogP) is 2.80. The van der Waals surface area contributed by atoms with Gasteiger partial charge in [0.1, 0.15) is 11.4 Å². The lowest BCUT2D eigenvalue weighted by atomic mass is 10.2. The number of fused-ring (bicyclic) bond motifs is 1. The molecule has 1 aromatic carbocycles. The van der Waals surface area contributed by atoms with Crippen molar-refractivity contribution in [2.45, 2.75) is 38.8 Å². The maximum atomic E-state index is 12.0. The average molecular weight is 357 g/mol. The van der Waals surface area contributed by atoms with Crippen LogP contribution in [-0.2, 0) is 4.74 Å². The molecule has 7 heteroatoms. The number of hydrogen-bond donors (Lipinski definition) is 1. The Morgan fingerprint density at radius 2 is 2.00 bits per heavy atom. The van der Waals surface area contributed by atoms with Gasteiger partial charge in [0, 0.05) is 32.6 Å². The topological polar surface area (TPSA) is 70.6 Å². The summed E-state index contributed by atoms with van der Waals surface area (Å²) < 4.78 is 5.34. The van der Waals surface area contributed by atoms with Crippen molar-refractivity contribution < 1.29 is 9.53 Å². The van der Waals surface area contributed by atoms with Crippen LogP contribution in [0.4, 0.5) is 16.6 Å². The molecule has 0 saturated carbocycles. The van der Waals surface area contributed by atoms with E-state index in [-0.39, 0.29) is 12.1 Å². The van der Waals surface area contributed by atoms with Crippen molar-refractivity contribution in [2.75, 3.05) is 37.0 Å². The lowest BCUT2D eigenvalue weighted by Gasteiger charge is -2.22. The molecule has 1 saturated heterocycles. The minimum absolute atomic E-state index is 0.0303. The van der Waals surface area contributed by atoms with Crippen molar-refractivity contribution in [1.82, 2.24) is 15.3 Å². The fourth-order valence-electron chi connectivity index (χ4n) is 3.06. The van der Waals surface area contributed by atoms with Gasteiger partial charge in [0.2, 0.25) is 5.95 Å². The molecule has 140 valence electrons. The second-order valence-corrected chi connectivity index (χ2v) is 7.84. The summed E-state index contributed by atoms with van der Waals surface area (Å²) >= 11 is 0. The average Bonchev–Trinajstić information content (AvgIpc) is 3.00. The van der Waals surface area contributed by atoms with Crippen molar-refractivity contribution in [1.29, 1.82) is 0 Å². The Morgan fingerprint density at radius 1 is 1.27 bits per heavy atom. The fraction of sp³-hybridized carbons (Fsp3) is 0.526. The van der Waals surface area contributed by atoms with Crippen LogP contribution >= 0.6 is 0 Å². The van der Waals surface area contributed by atoms with Crippen LogP contribution in [0.1, 0.15) is 27.2 Å². The largest absolute Gasteiger partial charge is 0.444 e. The third kappa shape index (κ3) is 4.15. The van der Waals surface area contributed by atoms with Gasteiger partial charge in [0.25, 0.3) is 0 Å². The SMILES string of the molecule is CN(C)c1nc(N2CCC(NC(=O)OC(C)(C)C)C2)nc2ccccc12. The number of nitrogens with one attached hydrogen (secondary N) is 1. The third-order valence-corrected chi connectivity index (χ3v) is 4.19. The van der Waals surface area contributed by atoms with Gasteiger partial charge in [-0.05, 0) is 39.3 Å². The molecule has 1 aliphatic heterocycles. The van der Waals surface area contributed by atoms with Gasteiger partial charge >= 0.3 is 6.09 Å². The molecule has 0 spiro atoms. The normalized spacial score (nSPS) is 17.4. The number of rotatable bonds is 3. The lowest BCUT2D eigenvalue weighted by Crippen LogP contribution is -2.40. The van der Waals surface area contributed by atoms with Crippen molar-refractivity contribution in [3.63, 3.8) is 0 Å². The molecule has 1 fully saturated rings. The van der Waals surface area contributed by atoms with E-state index in [0.717, 1.165) is 29.7 Å². The van der Waals surface area contributed by atoms with E-state index < -0.39 is 5.60 Å². The van der Waals surface area contributed by atoms with E-state index in [1.165, 1.54) is 0 Å². The fourth-order valence-corrected chi connectivity index (χ4v) is 3.06. The highest BCUT2D eigenvalue weighted by Crippen LogP contribution is 2.26. The Labute approximate surface area is 154 Å². The van der Waals surface area contributed by atoms with Crippen LogP contribution in [0.3, 0.4) is 0 Å². The quantitative estimate of drug-likeness (QED) is 0.911. The van der Waals surface area contributed by atoms with Gasteiger partial charge in [0.15, 0.2) is 0 Å². The number of nitrogens with zero attached hydrogens (tertiary/aromatic N) is 4. The summed E-state index contributed by atoms with van der Waals surface area (Å²) in [7, 11) is 3.96. The van der Waals surface area contributed by atoms with Gasteiger partial charge in [-0.3, -0.25) is 0 Å². The molecule has 1 amide bonds. The predicted molar refractivity (Wildman–Crippen MR) is 104 cm³/mol. The minimum Gasteiger partial charge on any atom is -0.444 e. The van der Waals surface area contributed by atoms with Gasteiger partial charge in [-0.15, -0.1) is 0 Å². The first-order valence-corrected chi connectivity index (χ1v) is 8.91. The van der Waals surface area contributed by atoms with Crippen LogP contribution in [0.2, 0.25) is 0 Å². The molecule has 2 aromatic rings. The van der Waals surface area contributed by atoms with Crippen LogP contribution in [0.15, 0.2) is 24.3 Å². The summed E-state index contributed by atoms with van der Waals surface area (Å²) in [4.78, 5) is 25.6. The van der Waals surface area contributed by atoms with E-state index >= 15 is 0 Å². The number of carbonyl (C=O) groups is 1. The van der Waals surface area contributed by atoms with Crippen LogP contribution in [-0.4, -0.2) is 54.9 Å². The first kappa shape index (κ1) is 18.2. The van der Waals surface area contributed by atoms with Crippen molar-refractivity contribution in [2.24, 2.45) is 0 Å². The lowest BCUT2D eigenvalue weighted by molar-refractivity contribution is 0.0509. The van der Waals surface area contributed by atoms with Crippen LogP contribution in [0.25, 0.3) is 10.9 Å². The van der Waals surface area contributed by atoms with Crippen LogP contribution in [0.5, 0.6) is 0 Å². The molecule has 1 unspecified atom stereocenters. The number of ether oxygens (including phenoxy) is 1. The number of carbonyl (C=O) groups excluding carboxylic acids is 1. The molecule has 1 atom stereocenters. The number of para-hydroxylation sites is 1. The van der Waals surface area contributed by atoms with Crippen LogP contribution < -0.4 is 15.1 Å². The van der Waals surface area contributed by atoms with E-state index in [9.17, 15) is 4.79 Å². The van der Waals surface area contributed by atoms with E-state index in [1.807, 2.05) is 64.0 Å². The highest BCUT2D eigenvalue weighted by Gasteiger charge is 2.28. The number of alkyl carbamates (subject to hydrolysis) is 1. The van der Waals surface area contributed by atoms with Crippen molar-refractivity contribution in [3.8, 4) is 0 Å². The standard InChI is InChI=1S/C19H27N5O2/c1-19(2,3)26-18(25)20-13-10-11-24(12-13)17-21-15-9-7-6-8-14(15)16(22-17)23(4)5/h6-9,13H,10-12H2,1-5H3,(H,20,25). The zero-order valence-corrected chi connectivity index (χ0v) is 16.1. The Balaban J connectivity index is 1.75. The number of benzene rings is 1. The van der Waals surface area contributed by atoms with Crippen LogP contribution in [0, 0.1) is 0 Å². The zero-order chi connectivity index (χ0) is 18.9. The number of amides is 1. The summed E-state index contributed by atoms with van der Waals surface area (Å²) in [5, 5.41) is 3.97. The minimum atomic E-state index is -0.496. The Hall–Kier alpha value is -2.57. The highest BCUT2D eigenvalue weighted by atomic mass is 16.6. The number of hydrogen-bond acceptors (Lipinski definition) is 6. The first-order valence-electron chi connectivity index (χ1n) is 8.91. The molecule has 1 N–H and O–H groups in total. The van der Waals surface area contributed by atoms with Crippen molar-refractivity contribution in [3.05, 3.63) is 24.3 Å². The summed E-state index contributed by atoms with van der Waals surface area (Å²) in [6.07, 6.45) is 0.463. The van der Waals surface area contributed by atoms with Gasteiger partial charge in [-0.1, -0.05) is 12.1 Å². The monoisotopic (exact) mass is 357 g/mol. The summed E-state index contributed by atoms with van der Waals surface area (Å²) in [6.45, 7) is 7.05. The van der Waals surface area contributed by atoms with Gasteiger partial charge in [0.05, 0.1) is 11.6 Å². The summed E-state index contributed by atoms with van der Waals surface area (Å²) in [5.41, 5.74) is 0.425. The maximum Gasteiger partial charge on any atom is 0.407 e. The van der Waals surface area contributed by atoms with Crippen molar-refractivity contribution >= 4 is 28.8 Å². The van der Waals surface area contributed by atoms with Gasteiger partial charge in [-0.2, -0.15) is 4.98 Å². The second kappa shape index (κ2) is 6.97. The molecule has 3 rings (SSSR count). The summed E-state index contributed by atoms with van der Waals surface area (Å²) in [5.74, 6) is 1.59. The second-order valence-electron chi connectivity index (χ2n) is 7.84. The molecule has 7 nitrogen and oxygen atoms in total. The van der Waals surface area contributed by atoms with E-state index in [1.54, 1.807) is 0 Å². The molecule has 0 radical (unpaired) electrons. The molecule has 0 aliphatic carbocycles.